The standard InChI is InChI=1S/C22H23NO7/c1-27-22(26)17(11-15-5-3-2-4-6-15)23-20(24)13-28-21(25)10-8-16-7-9-18-19(12-16)30-14-29-18/h2-7,9,12,17H,8,10-11,13-14H2,1H3,(H,23,24). The van der Waals surface area contributed by atoms with Crippen LogP contribution in [0.3, 0.4) is 0 Å². The smallest absolute Gasteiger partial charge is 0.328 e. The summed E-state index contributed by atoms with van der Waals surface area (Å²) in [4.78, 5) is 36.1. The number of fused-ring (bicyclic) bond motifs is 1. The number of nitrogens with one attached hydrogen (secondary N) is 1. The van der Waals surface area contributed by atoms with Gasteiger partial charge in [0, 0.05) is 12.8 Å². The molecule has 2 aromatic rings. The van der Waals surface area contributed by atoms with Crippen LogP contribution in [0.5, 0.6) is 11.5 Å². The highest BCUT2D eigenvalue weighted by atomic mass is 16.7. The third-order valence-electron chi connectivity index (χ3n) is 4.52. The number of carbonyl (C=O) groups is 3. The van der Waals surface area contributed by atoms with Crippen LogP contribution in [-0.4, -0.2) is 44.4 Å². The minimum atomic E-state index is -0.864. The molecule has 0 saturated heterocycles. The Labute approximate surface area is 174 Å². The number of hydrogen-bond acceptors (Lipinski definition) is 7. The highest BCUT2D eigenvalue weighted by Gasteiger charge is 2.22. The molecule has 2 aromatic carbocycles. The van der Waals surface area contributed by atoms with Gasteiger partial charge in [0.15, 0.2) is 18.1 Å². The second-order valence-corrected chi connectivity index (χ2v) is 6.68. The molecule has 1 heterocycles. The first kappa shape index (κ1) is 21.2. The molecule has 1 unspecified atom stereocenters. The first-order valence-corrected chi connectivity index (χ1v) is 9.50. The average molecular weight is 413 g/mol. The van der Waals surface area contributed by atoms with E-state index in [0.29, 0.717) is 17.9 Å². The molecule has 0 fully saturated rings. The largest absolute Gasteiger partial charge is 0.467 e. The Morgan fingerprint density at radius 2 is 1.80 bits per heavy atom. The molecule has 0 saturated carbocycles. The molecule has 158 valence electrons. The molecule has 0 spiro atoms. The van der Waals surface area contributed by atoms with Crippen LogP contribution in [0, 0.1) is 0 Å². The van der Waals surface area contributed by atoms with E-state index in [9.17, 15) is 14.4 Å². The molecule has 0 aromatic heterocycles. The number of carbonyl (C=O) groups excluding carboxylic acids is 3. The van der Waals surface area contributed by atoms with Gasteiger partial charge in [-0.2, -0.15) is 0 Å². The third kappa shape index (κ3) is 5.97. The van der Waals surface area contributed by atoms with Gasteiger partial charge < -0.3 is 24.3 Å². The average Bonchev–Trinajstić information content (AvgIpc) is 3.24. The van der Waals surface area contributed by atoms with Gasteiger partial charge >= 0.3 is 11.9 Å². The maximum Gasteiger partial charge on any atom is 0.328 e. The highest BCUT2D eigenvalue weighted by Crippen LogP contribution is 2.32. The van der Waals surface area contributed by atoms with E-state index >= 15 is 0 Å². The highest BCUT2D eigenvalue weighted by molar-refractivity contribution is 5.86. The number of amides is 1. The van der Waals surface area contributed by atoms with Crippen molar-refractivity contribution in [2.75, 3.05) is 20.5 Å². The van der Waals surface area contributed by atoms with E-state index in [1.165, 1.54) is 7.11 Å². The predicted octanol–water partition coefficient (Wildman–Crippen LogP) is 1.79. The van der Waals surface area contributed by atoms with Gasteiger partial charge in [0.05, 0.1) is 7.11 Å². The lowest BCUT2D eigenvalue weighted by atomic mass is 10.1. The van der Waals surface area contributed by atoms with Gasteiger partial charge in [-0.25, -0.2) is 4.79 Å². The van der Waals surface area contributed by atoms with Gasteiger partial charge in [-0.05, 0) is 29.7 Å². The van der Waals surface area contributed by atoms with Crippen LogP contribution in [0.15, 0.2) is 48.5 Å². The van der Waals surface area contributed by atoms with Crippen LogP contribution in [0.4, 0.5) is 0 Å². The number of esters is 2. The lowest BCUT2D eigenvalue weighted by Gasteiger charge is -2.16. The van der Waals surface area contributed by atoms with Crippen molar-refractivity contribution in [3.63, 3.8) is 0 Å². The summed E-state index contributed by atoms with van der Waals surface area (Å²) < 4.78 is 20.3. The Balaban J connectivity index is 1.44. The number of benzene rings is 2. The van der Waals surface area contributed by atoms with Gasteiger partial charge in [-0.3, -0.25) is 9.59 Å². The fourth-order valence-corrected chi connectivity index (χ4v) is 2.98. The van der Waals surface area contributed by atoms with Crippen LogP contribution in [0.25, 0.3) is 0 Å². The summed E-state index contributed by atoms with van der Waals surface area (Å²) in [5.74, 6) is -0.333. The zero-order valence-electron chi connectivity index (χ0n) is 16.6. The van der Waals surface area contributed by atoms with Gasteiger partial charge in [0.1, 0.15) is 6.04 Å². The fraction of sp³-hybridized carbons (Fsp3) is 0.318. The molecular formula is C22H23NO7. The van der Waals surface area contributed by atoms with Crippen LogP contribution in [-0.2, 0) is 36.7 Å². The van der Waals surface area contributed by atoms with Crippen molar-refractivity contribution >= 4 is 17.8 Å². The summed E-state index contributed by atoms with van der Waals surface area (Å²) in [6.45, 7) is -0.283. The minimum absolute atomic E-state index is 0.109. The van der Waals surface area contributed by atoms with Crippen molar-refractivity contribution in [2.45, 2.75) is 25.3 Å². The molecule has 1 N–H and O–H groups in total. The van der Waals surface area contributed by atoms with Crippen LogP contribution >= 0.6 is 0 Å². The molecule has 1 atom stereocenters. The van der Waals surface area contributed by atoms with E-state index in [0.717, 1.165) is 11.1 Å². The zero-order valence-corrected chi connectivity index (χ0v) is 16.6. The molecule has 0 aliphatic carbocycles. The molecule has 1 aliphatic rings. The Kier molecular flexibility index (Phi) is 7.26. The van der Waals surface area contributed by atoms with Crippen molar-refractivity contribution in [1.82, 2.24) is 5.32 Å². The number of methoxy groups -OCH3 is 1. The molecule has 0 radical (unpaired) electrons. The van der Waals surface area contributed by atoms with Gasteiger partial charge in [-0.15, -0.1) is 0 Å². The first-order chi connectivity index (χ1) is 14.5. The van der Waals surface area contributed by atoms with Crippen LogP contribution < -0.4 is 14.8 Å². The lowest BCUT2D eigenvalue weighted by molar-refractivity contribution is -0.150. The molecule has 1 aliphatic heterocycles. The van der Waals surface area contributed by atoms with Crippen molar-refractivity contribution < 1.29 is 33.3 Å². The fourth-order valence-electron chi connectivity index (χ4n) is 2.98. The summed E-state index contributed by atoms with van der Waals surface area (Å²) in [5.41, 5.74) is 1.77. The molecule has 0 bridgehead atoms. The normalized spacial score (nSPS) is 12.7. The quantitative estimate of drug-likeness (QED) is 0.626. The van der Waals surface area contributed by atoms with Gasteiger partial charge in [0.25, 0.3) is 5.91 Å². The van der Waals surface area contributed by atoms with E-state index in [-0.39, 0.29) is 19.6 Å². The Hall–Kier alpha value is -3.55. The summed E-state index contributed by atoms with van der Waals surface area (Å²) >= 11 is 0. The molecule has 30 heavy (non-hydrogen) atoms. The van der Waals surface area contributed by atoms with E-state index in [4.69, 9.17) is 18.9 Å². The zero-order chi connectivity index (χ0) is 21.3. The number of rotatable bonds is 9. The molecule has 1 amide bonds. The van der Waals surface area contributed by atoms with E-state index < -0.39 is 30.5 Å². The van der Waals surface area contributed by atoms with E-state index in [1.54, 1.807) is 6.07 Å². The second-order valence-electron chi connectivity index (χ2n) is 6.68. The van der Waals surface area contributed by atoms with Gasteiger partial charge in [0.2, 0.25) is 6.79 Å². The maximum absolute atomic E-state index is 12.1. The Morgan fingerprint density at radius 3 is 2.57 bits per heavy atom. The Bertz CT molecular complexity index is 898. The number of aryl methyl sites for hydroxylation is 1. The Morgan fingerprint density at radius 1 is 1.03 bits per heavy atom. The monoisotopic (exact) mass is 413 g/mol. The van der Waals surface area contributed by atoms with Crippen molar-refractivity contribution in [3.8, 4) is 11.5 Å². The third-order valence-corrected chi connectivity index (χ3v) is 4.52. The summed E-state index contributed by atoms with van der Waals surface area (Å²) in [7, 11) is 1.25. The van der Waals surface area contributed by atoms with Crippen LogP contribution in [0.1, 0.15) is 17.5 Å². The van der Waals surface area contributed by atoms with E-state index in [1.807, 2.05) is 42.5 Å². The SMILES string of the molecule is COC(=O)C(Cc1ccccc1)NC(=O)COC(=O)CCc1ccc2c(c1)OCO2. The molecule has 3 rings (SSSR count). The number of ether oxygens (including phenoxy) is 4. The predicted molar refractivity (Wildman–Crippen MR) is 106 cm³/mol. The van der Waals surface area contributed by atoms with E-state index in [2.05, 4.69) is 5.32 Å². The summed E-state index contributed by atoms with van der Waals surface area (Å²) in [6.07, 6.45) is 0.824. The molecule has 8 heteroatoms. The number of hydrogen-bond donors (Lipinski definition) is 1. The topological polar surface area (TPSA) is 100 Å². The second kappa shape index (κ2) is 10.3. The first-order valence-electron chi connectivity index (χ1n) is 9.50. The van der Waals surface area contributed by atoms with Gasteiger partial charge in [-0.1, -0.05) is 36.4 Å². The van der Waals surface area contributed by atoms with Crippen molar-refractivity contribution in [1.29, 1.82) is 0 Å². The maximum atomic E-state index is 12.1. The van der Waals surface area contributed by atoms with Crippen molar-refractivity contribution in [3.05, 3.63) is 59.7 Å². The summed E-state index contributed by atoms with van der Waals surface area (Å²) in [6, 6.07) is 13.8. The van der Waals surface area contributed by atoms with Crippen LogP contribution in [0.2, 0.25) is 0 Å². The molecular weight excluding hydrogens is 390 g/mol. The summed E-state index contributed by atoms with van der Waals surface area (Å²) in [5, 5.41) is 2.55. The molecule has 8 nitrogen and oxygen atoms in total. The minimum Gasteiger partial charge on any atom is -0.467 e. The van der Waals surface area contributed by atoms with Crippen molar-refractivity contribution in [2.24, 2.45) is 0 Å². The lowest BCUT2D eigenvalue weighted by Crippen LogP contribution is -2.44.